The summed E-state index contributed by atoms with van der Waals surface area (Å²) >= 11 is 8.10. The Hall–Kier alpha value is -0.940. The Morgan fingerprint density at radius 3 is 1.46 bits per heavy atom. The van der Waals surface area contributed by atoms with Crippen molar-refractivity contribution in [2.45, 2.75) is 25.7 Å². The van der Waals surface area contributed by atoms with Gasteiger partial charge in [-0.3, -0.25) is 0 Å². The van der Waals surface area contributed by atoms with E-state index in [1.165, 1.54) is 66.2 Å². The molecule has 0 nitrogen and oxygen atoms in total. The van der Waals surface area contributed by atoms with Gasteiger partial charge in [-0.1, -0.05) is 95.6 Å². The highest BCUT2D eigenvalue weighted by Gasteiger charge is 2.34. The first kappa shape index (κ1) is 16.1. The molecule has 2 aliphatic heterocycles. The fourth-order valence-electron chi connectivity index (χ4n) is 3.98. The van der Waals surface area contributed by atoms with Crippen molar-refractivity contribution in [2.24, 2.45) is 0 Å². The molecule has 0 bridgehead atoms. The van der Waals surface area contributed by atoms with Gasteiger partial charge >= 0.3 is 0 Å². The Kier molecular flexibility index (Phi) is 3.89. The van der Waals surface area contributed by atoms with Crippen molar-refractivity contribution in [3.05, 3.63) is 89.1 Å². The minimum Gasteiger partial charge on any atom is -0.0842 e. The highest BCUT2D eigenvalue weighted by atomic mass is 32.2. The van der Waals surface area contributed by atoms with E-state index in [-0.39, 0.29) is 0 Å². The molecular formula is C22H16S4. The van der Waals surface area contributed by atoms with Crippen LogP contribution in [0.25, 0.3) is 9.81 Å². The molecule has 0 saturated heterocycles. The molecule has 6 rings (SSSR count). The monoisotopic (exact) mass is 408 g/mol. The Morgan fingerprint density at radius 1 is 0.500 bits per heavy atom. The quantitative estimate of drug-likeness (QED) is 0.438. The van der Waals surface area contributed by atoms with Crippen molar-refractivity contribution >= 4 is 56.9 Å². The number of hydrogen-bond donors (Lipinski definition) is 0. The van der Waals surface area contributed by atoms with Crippen LogP contribution in [0.4, 0.5) is 0 Å². The van der Waals surface area contributed by atoms with Crippen molar-refractivity contribution in [3.8, 4) is 0 Å². The van der Waals surface area contributed by atoms with Crippen LogP contribution in [0.5, 0.6) is 0 Å². The van der Waals surface area contributed by atoms with E-state index in [0.717, 1.165) is 0 Å². The molecule has 26 heavy (non-hydrogen) atoms. The average molecular weight is 409 g/mol. The summed E-state index contributed by atoms with van der Waals surface area (Å²) in [6, 6.07) is 17.9. The van der Waals surface area contributed by atoms with Crippen LogP contribution in [0.15, 0.2) is 66.8 Å². The summed E-state index contributed by atoms with van der Waals surface area (Å²) < 4.78 is 3.02. The fraction of sp³-hybridized carbons (Fsp3) is 0.182. The van der Waals surface area contributed by atoms with Crippen LogP contribution in [-0.4, -0.2) is 0 Å². The van der Waals surface area contributed by atoms with Crippen molar-refractivity contribution in [2.75, 3.05) is 0 Å². The minimum atomic E-state index is 1.19. The third kappa shape index (κ3) is 2.50. The van der Waals surface area contributed by atoms with Crippen molar-refractivity contribution < 1.29 is 0 Å². The fourth-order valence-corrected chi connectivity index (χ4v) is 9.93. The van der Waals surface area contributed by atoms with E-state index in [9.17, 15) is 0 Å². The first-order chi connectivity index (χ1) is 12.9. The molecule has 2 heterocycles. The minimum absolute atomic E-state index is 1.19. The van der Waals surface area contributed by atoms with E-state index >= 15 is 0 Å². The van der Waals surface area contributed by atoms with Gasteiger partial charge in [0.1, 0.15) is 0 Å². The summed E-state index contributed by atoms with van der Waals surface area (Å²) in [5.74, 6) is 0. The lowest BCUT2D eigenvalue weighted by atomic mass is 9.97. The van der Waals surface area contributed by atoms with Crippen LogP contribution in [0, 0.1) is 0 Å². The highest BCUT2D eigenvalue weighted by Crippen LogP contribution is 2.65. The molecule has 128 valence electrons. The van der Waals surface area contributed by atoms with E-state index in [0.29, 0.717) is 0 Å². The molecule has 4 heteroatoms. The predicted molar refractivity (Wildman–Crippen MR) is 121 cm³/mol. The molecule has 0 N–H and O–H groups in total. The molecule has 2 aliphatic carbocycles. The maximum absolute atomic E-state index is 2.31. The Morgan fingerprint density at radius 2 is 0.962 bits per heavy atom. The molecule has 0 fully saturated rings. The van der Waals surface area contributed by atoms with Gasteiger partial charge in [0.2, 0.25) is 0 Å². The first-order valence-electron chi connectivity index (χ1n) is 8.95. The summed E-state index contributed by atoms with van der Waals surface area (Å²) in [6.07, 6.45) is 4.78. The van der Waals surface area contributed by atoms with Crippen LogP contribution in [0.1, 0.15) is 35.1 Å². The number of allylic oxidation sites excluding steroid dienone is 2. The predicted octanol–water partition coefficient (Wildman–Crippen LogP) is 7.70. The van der Waals surface area contributed by atoms with Gasteiger partial charge in [0.25, 0.3) is 0 Å². The standard InChI is InChI=1S/C22H16S4/c1-3-7-15-13(5-1)9-11-17-19(15)25-21(23-17)22-24-18-12-10-14-6-2-4-8-16(14)20(18)26-22/h1-8H,9-12H2/b22-21+. The molecule has 2 aromatic rings. The molecule has 0 saturated carbocycles. The molecule has 0 aromatic heterocycles. The van der Waals surface area contributed by atoms with E-state index in [4.69, 9.17) is 0 Å². The summed E-state index contributed by atoms with van der Waals surface area (Å²) in [5.41, 5.74) is 5.98. The van der Waals surface area contributed by atoms with E-state index in [2.05, 4.69) is 48.5 Å². The van der Waals surface area contributed by atoms with Crippen molar-refractivity contribution in [3.63, 3.8) is 0 Å². The van der Waals surface area contributed by atoms with Crippen LogP contribution < -0.4 is 0 Å². The SMILES string of the molecule is c1ccc2c(c1)CCC1=C2S/C(=C2\SC3=C(S2)c2ccccc2CC3)S1. The van der Waals surface area contributed by atoms with Crippen LogP contribution in [0.3, 0.4) is 0 Å². The second kappa shape index (κ2) is 6.30. The Labute approximate surface area is 171 Å². The number of aryl methyl sites for hydroxylation is 2. The largest absolute Gasteiger partial charge is 0.0842 e. The topological polar surface area (TPSA) is 0 Å². The molecule has 0 amide bonds. The smallest absolute Gasteiger partial charge is 0.0703 e. The molecule has 0 radical (unpaired) electrons. The van der Waals surface area contributed by atoms with Crippen LogP contribution in [0.2, 0.25) is 0 Å². The summed E-state index contributed by atoms with van der Waals surface area (Å²) in [4.78, 5) is 6.21. The van der Waals surface area contributed by atoms with Gasteiger partial charge in [-0.15, -0.1) is 0 Å². The second-order valence-electron chi connectivity index (χ2n) is 6.80. The van der Waals surface area contributed by atoms with Gasteiger partial charge < -0.3 is 0 Å². The normalized spacial score (nSPS) is 23.7. The van der Waals surface area contributed by atoms with Crippen LogP contribution >= 0.6 is 47.0 Å². The first-order valence-corrected chi connectivity index (χ1v) is 12.2. The number of fused-ring (bicyclic) bond motifs is 4. The van der Waals surface area contributed by atoms with Gasteiger partial charge in [0, 0.05) is 19.6 Å². The van der Waals surface area contributed by atoms with Crippen molar-refractivity contribution in [1.82, 2.24) is 0 Å². The Balaban J connectivity index is 1.33. The second-order valence-corrected chi connectivity index (χ2v) is 11.6. The third-order valence-electron chi connectivity index (χ3n) is 5.26. The zero-order valence-corrected chi connectivity index (χ0v) is 17.3. The molecule has 0 unspecified atom stereocenters. The Bertz CT molecular complexity index is 958. The lowest BCUT2D eigenvalue weighted by Crippen LogP contribution is -1.98. The summed E-state index contributed by atoms with van der Waals surface area (Å²) in [6.45, 7) is 0. The van der Waals surface area contributed by atoms with Gasteiger partial charge in [-0.05, 0) is 47.9 Å². The summed E-state index contributed by atoms with van der Waals surface area (Å²) in [5, 5.41) is 0. The average Bonchev–Trinajstić information content (AvgIpc) is 3.32. The van der Waals surface area contributed by atoms with Gasteiger partial charge in [0.05, 0.1) is 8.47 Å². The number of hydrogen-bond acceptors (Lipinski definition) is 4. The number of rotatable bonds is 0. The van der Waals surface area contributed by atoms with Crippen LogP contribution in [-0.2, 0) is 12.8 Å². The zero-order chi connectivity index (χ0) is 17.1. The molecule has 4 aliphatic rings. The lowest BCUT2D eigenvalue weighted by Gasteiger charge is -2.16. The zero-order valence-electron chi connectivity index (χ0n) is 14.1. The van der Waals surface area contributed by atoms with Gasteiger partial charge in [-0.25, -0.2) is 0 Å². The molecule has 0 spiro atoms. The highest BCUT2D eigenvalue weighted by molar-refractivity contribution is 8.37. The number of thioether (sulfide) groups is 4. The van der Waals surface area contributed by atoms with E-state index in [1.807, 2.05) is 47.0 Å². The van der Waals surface area contributed by atoms with Crippen molar-refractivity contribution in [1.29, 1.82) is 0 Å². The molecular weight excluding hydrogens is 393 g/mol. The maximum atomic E-state index is 2.31. The number of benzene rings is 2. The van der Waals surface area contributed by atoms with E-state index < -0.39 is 0 Å². The molecule has 2 aromatic carbocycles. The van der Waals surface area contributed by atoms with Gasteiger partial charge in [0.15, 0.2) is 0 Å². The third-order valence-corrected chi connectivity index (χ3v) is 11.2. The van der Waals surface area contributed by atoms with E-state index in [1.54, 1.807) is 9.81 Å². The molecule has 0 atom stereocenters. The lowest BCUT2D eigenvalue weighted by molar-refractivity contribution is 0.972. The summed E-state index contributed by atoms with van der Waals surface area (Å²) in [7, 11) is 0. The maximum Gasteiger partial charge on any atom is 0.0703 e. The van der Waals surface area contributed by atoms with Gasteiger partial charge in [-0.2, -0.15) is 0 Å².